The number of likely N-dealkylation sites (N-methyl/N-ethyl adjacent to an activating group) is 1. The van der Waals surface area contributed by atoms with Crippen molar-refractivity contribution in [3.8, 4) is 5.75 Å². The fraction of sp³-hybridized carbons (Fsp3) is 0.571. The van der Waals surface area contributed by atoms with Gasteiger partial charge in [0.05, 0.1) is 13.2 Å². The average Bonchev–Trinajstić information content (AvgIpc) is 2.65. The van der Waals surface area contributed by atoms with Crippen LogP contribution in [-0.4, -0.2) is 36.2 Å². The van der Waals surface area contributed by atoms with Gasteiger partial charge in [0.1, 0.15) is 5.75 Å². The first-order valence-corrected chi connectivity index (χ1v) is 6.11. The summed E-state index contributed by atoms with van der Waals surface area (Å²) in [6.07, 6.45) is 0.502. The van der Waals surface area contributed by atoms with E-state index in [1.807, 2.05) is 12.1 Å². The molecule has 1 aliphatic carbocycles. The van der Waals surface area contributed by atoms with Crippen LogP contribution in [0.5, 0.6) is 5.75 Å². The quantitative estimate of drug-likeness (QED) is 0.869. The molecule has 0 saturated carbocycles. The van der Waals surface area contributed by atoms with Gasteiger partial charge in [0.15, 0.2) is 0 Å². The van der Waals surface area contributed by atoms with E-state index < -0.39 is 6.10 Å². The minimum atomic E-state index is -0.410. The van der Waals surface area contributed by atoms with E-state index >= 15 is 0 Å². The van der Waals surface area contributed by atoms with Gasteiger partial charge in [-0.2, -0.15) is 0 Å². The summed E-state index contributed by atoms with van der Waals surface area (Å²) in [4.78, 5) is 2.23. The minimum absolute atomic E-state index is 0.178. The summed E-state index contributed by atoms with van der Waals surface area (Å²) in [5.41, 5.74) is 2.25. The van der Waals surface area contributed by atoms with Crippen molar-refractivity contribution in [2.45, 2.75) is 38.5 Å². The van der Waals surface area contributed by atoms with Crippen molar-refractivity contribution >= 4 is 0 Å². The number of aliphatic hydroxyl groups excluding tert-OH is 1. The summed E-state index contributed by atoms with van der Waals surface area (Å²) in [6.45, 7) is 4.30. The number of benzene rings is 1. The molecule has 0 saturated heterocycles. The highest BCUT2D eigenvalue weighted by atomic mass is 16.5. The monoisotopic (exact) mass is 235 g/mol. The van der Waals surface area contributed by atoms with Crippen molar-refractivity contribution in [3.05, 3.63) is 29.3 Å². The average molecular weight is 235 g/mol. The molecule has 2 unspecified atom stereocenters. The first kappa shape index (κ1) is 12.4. The first-order valence-electron chi connectivity index (χ1n) is 6.11. The van der Waals surface area contributed by atoms with Gasteiger partial charge in [0, 0.05) is 12.1 Å². The second-order valence-electron chi connectivity index (χ2n) is 5.04. The number of rotatable bonds is 3. The predicted octanol–water partition coefficient (Wildman–Crippen LogP) is 1.99. The van der Waals surface area contributed by atoms with E-state index in [0.717, 1.165) is 17.7 Å². The van der Waals surface area contributed by atoms with Gasteiger partial charge in [-0.3, -0.25) is 4.90 Å². The van der Waals surface area contributed by atoms with Gasteiger partial charge in [-0.1, -0.05) is 6.07 Å². The lowest BCUT2D eigenvalue weighted by atomic mass is 10.1. The van der Waals surface area contributed by atoms with E-state index in [2.05, 4.69) is 31.9 Å². The van der Waals surface area contributed by atoms with Crippen molar-refractivity contribution in [2.24, 2.45) is 0 Å². The predicted molar refractivity (Wildman–Crippen MR) is 68.3 cm³/mol. The van der Waals surface area contributed by atoms with E-state index in [1.165, 1.54) is 5.56 Å². The molecule has 0 spiro atoms. The van der Waals surface area contributed by atoms with Gasteiger partial charge < -0.3 is 9.84 Å². The van der Waals surface area contributed by atoms with Crippen LogP contribution < -0.4 is 4.74 Å². The highest BCUT2D eigenvalue weighted by Gasteiger charge is 2.34. The molecule has 0 fully saturated rings. The third kappa shape index (κ3) is 2.17. The molecule has 17 heavy (non-hydrogen) atoms. The lowest BCUT2D eigenvalue weighted by Gasteiger charge is -2.30. The Morgan fingerprint density at radius 2 is 2.12 bits per heavy atom. The summed E-state index contributed by atoms with van der Waals surface area (Å²) in [6, 6.07) is 6.59. The smallest absolute Gasteiger partial charge is 0.119 e. The Hall–Kier alpha value is -1.06. The molecule has 3 heteroatoms. The zero-order valence-corrected chi connectivity index (χ0v) is 11.0. The third-order valence-electron chi connectivity index (χ3n) is 3.80. The molecule has 1 aliphatic rings. The molecule has 0 radical (unpaired) electrons. The molecule has 0 bridgehead atoms. The number of ether oxygens (including phenoxy) is 1. The number of nitrogens with zero attached hydrogens (tertiary/aromatic N) is 1. The Morgan fingerprint density at radius 1 is 1.41 bits per heavy atom. The van der Waals surface area contributed by atoms with E-state index in [4.69, 9.17) is 4.74 Å². The highest BCUT2D eigenvalue weighted by Crippen LogP contribution is 2.36. The standard InChI is InChI=1S/C14H21NO2/c1-9(2)15(3)13-7-10-5-6-11(17-4)8-12(10)14(13)16/h5-6,8-9,13-14,16H,7H2,1-4H3. The maximum Gasteiger partial charge on any atom is 0.119 e. The lowest BCUT2D eigenvalue weighted by Crippen LogP contribution is -2.39. The molecule has 0 amide bonds. The minimum Gasteiger partial charge on any atom is -0.497 e. The summed E-state index contributed by atoms with van der Waals surface area (Å²) >= 11 is 0. The second-order valence-corrected chi connectivity index (χ2v) is 5.04. The van der Waals surface area contributed by atoms with E-state index in [9.17, 15) is 5.11 Å². The molecule has 1 aromatic rings. The number of hydrogen-bond acceptors (Lipinski definition) is 3. The van der Waals surface area contributed by atoms with Crippen LogP contribution in [0.25, 0.3) is 0 Å². The number of fused-ring (bicyclic) bond motifs is 1. The Bertz CT molecular complexity index is 403. The maximum atomic E-state index is 10.4. The fourth-order valence-electron chi connectivity index (χ4n) is 2.46. The van der Waals surface area contributed by atoms with Crippen LogP contribution in [-0.2, 0) is 6.42 Å². The molecule has 3 nitrogen and oxygen atoms in total. The van der Waals surface area contributed by atoms with Crippen LogP contribution in [0.15, 0.2) is 18.2 Å². The topological polar surface area (TPSA) is 32.7 Å². The molecule has 0 aromatic heterocycles. The van der Waals surface area contributed by atoms with Gasteiger partial charge in [-0.15, -0.1) is 0 Å². The molecular weight excluding hydrogens is 214 g/mol. The van der Waals surface area contributed by atoms with Crippen molar-refractivity contribution < 1.29 is 9.84 Å². The summed E-state index contributed by atoms with van der Waals surface area (Å²) < 4.78 is 5.21. The lowest BCUT2D eigenvalue weighted by molar-refractivity contribution is 0.0598. The largest absolute Gasteiger partial charge is 0.497 e. The molecule has 2 atom stereocenters. The molecule has 1 aromatic carbocycles. The van der Waals surface area contributed by atoms with E-state index in [0.29, 0.717) is 6.04 Å². The van der Waals surface area contributed by atoms with Crippen LogP contribution >= 0.6 is 0 Å². The van der Waals surface area contributed by atoms with Gasteiger partial charge in [-0.25, -0.2) is 0 Å². The van der Waals surface area contributed by atoms with Crippen LogP contribution in [0.4, 0.5) is 0 Å². The van der Waals surface area contributed by atoms with Crippen molar-refractivity contribution in [1.29, 1.82) is 0 Å². The Balaban J connectivity index is 2.26. The van der Waals surface area contributed by atoms with Crippen LogP contribution in [0.1, 0.15) is 31.1 Å². The van der Waals surface area contributed by atoms with E-state index in [-0.39, 0.29) is 6.04 Å². The maximum absolute atomic E-state index is 10.4. The second kappa shape index (κ2) is 4.67. The molecule has 1 N–H and O–H groups in total. The first-order chi connectivity index (χ1) is 8.04. The summed E-state index contributed by atoms with van der Waals surface area (Å²) in [5, 5.41) is 10.4. The SMILES string of the molecule is COc1ccc2c(c1)C(O)C(N(C)C(C)C)C2. The molecule has 2 rings (SSSR count). The van der Waals surface area contributed by atoms with Crippen LogP contribution in [0.3, 0.4) is 0 Å². The molecule has 94 valence electrons. The van der Waals surface area contributed by atoms with Crippen molar-refractivity contribution in [3.63, 3.8) is 0 Å². The molecule has 0 heterocycles. The van der Waals surface area contributed by atoms with Gasteiger partial charge in [0.2, 0.25) is 0 Å². The van der Waals surface area contributed by atoms with E-state index in [1.54, 1.807) is 7.11 Å². The normalized spacial score (nSPS) is 23.2. The van der Waals surface area contributed by atoms with Crippen LogP contribution in [0, 0.1) is 0 Å². The number of hydrogen-bond donors (Lipinski definition) is 1. The number of aliphatic hydroxyl groups is 1. The van der Waals surface area contributed by atoms with Gasteiger partial charge in [-0.05, 0) is 50.6 Å². The Kier molecular flexibility index (Phi) is 3.40. The number of methoxy groups -OCH3 is 1. The summed E-state index contributed by atoms with van der Waals surface area (Å²) in [5.74, 6) is 0.815. The van der Waals surface area contributed by atoms with Crippen LogP contribution in [0.2, 0.25) is 0 Å². The summed E-state index contributed by atoms with van der Waals surface area (Å²) in [7, 11) is 3.72. The molecule has 0 aliphatic heterocycles. The van der Waals surface area contributed by atoms with Crippen molar-refractivity contribution in [2.75, 3.05) is 14.2 Å². The van der Waals surface area contributed by atoms with Crippen molar-refractivity contribution in [1.82, 2.24) is 4.90 Å². The Labute approximate surface area is 103 Å². The molecular formula is C14H21NO2. The van der Waals surface area contributed by atoms with Gasteiger partial charge in [0.25, 0.3) is 0 Å². The third-order valence-corrected chi connectivity index (χ3v) is 3.80. The van der Waals surface area contributed by atoms with Gasteiger partial charge >= 0.3 is 0 Å². The zero-order valence-electron chi connectivity index (χ0n) is 11.0. The highest BCUT2D eigenvalue weighted by molar-refractivity contribution is 5.41. The fourth-order valence-corrected chi connectivity index (χ4v) is 2.46. The Morgan fingerprint density at radius 3 is 2.71 bits per heavy atom. The zero-order chi connectivity index (χ0) is 12.6.